The number of hydrogen-bond acceptors (Lipinski definition) is 2. The Morgan fingerprint density at radius 1 is 1.25 bits per heavy atom. The molecule has 20 heavy (non-hydrogen) atoms. The standard InChI is InChI=1S/C14H14F2N4/c1-3-8-7-11(20(4-2)19-8)14-17-10-6-5-9(15)12(16)13(10)18-14/h5-7H,3-4H2,1-2H3,(H,17,18). The highest BCUT2D eigenvalue weighted by Gasteiger charge is 2.16. The Labute approximate surface area is 114 Å². The van der Waals surface area contributed by atoms with E-state index in [2.05, 4.69) is 15.1 Å². The summed E-state index contributed by atoms with van der Waals surface area (Å²) in [6.07, 6.45) is 0.809. The lowest BCUT2D eigenvalue weighted by Gasteiger charge is -2.00. The SMILES string of the molecule is CCc1cc(-c2nc3c(F)c(F)ccc3[nH]2)n(CC)n1. The average Bonchev–Trinajstić information content (AvgIpc) is 3.06. The zero-order chi connectivity index (χ0) is 14.3. The van der Waals surface area contributed by atoms with E-state index >= 15 is 0 Å². The molecule has 0 aliphatic carbocycles. The lowest BCUT2D eigenvalue weighted by molar-refractivity contribution is 0.515. The summed E-state index contributed by atoms with van der Waals surface area (Å²) in [7, 11) is 0. The second-order valence-corrected chi connectivity index (χ2v) is 4.53. The maximum atomic E-state index is 13.7. The molecule has 0 saturated carbocycles. The zero-order valence-corrected chi connectivity index (χ0v) is 11.2. The number of rotatable bonds is 3. The molecule has 1 N–H and O–H groups in total. The second-order valence-electron chi connectivity index (χ2n) is 4.53. The van der Waals surface area contributed by atoms with Crippen LogP contribution in [0.25, 0.3) is 22.6 Å². The Bertz CT molecular complexity index is 773. The lowest BCUT2D eigenvalue weighted by atomic mass is 10.3. The molecule has 2 aromatic heterocycles. The number of fused-ring (bicyclic) bond motifs is 1. The molecule has 4 nitrogen and oxygen atoms in total. The van der Waals surface area contributed by atoms with Crippen LogP contribution in [0.2, 0.25) is 0 Å². The van der Waals surface area contributed by atoms with E-state index < -0.39 is 11.6 Å². The number of H-pyrrole nitrogens is 1. The van der Waals surface area contributed by atoms with Crippen LogP contribution >= 0.6 is 0 Å². The fourth-order valence-corrected chi connectivity index (χ4v) is 2.21. The van der Waals surface area contributed by atoms with Crippen molar-refractivity contribution in [2.24, 2.45) is 0 Å². The van der Waals surface area contributed by atoms with Crippen LogP contribution in [0.15, 0.2) is 18.2 Å². The molecule has 0 aliphatic heterocycles. The Balaban J connectivity index is 2.19. The van der Waals surface area contributed by atoms with Crippen LogP contribution < -0.4 is 0 Å². The summed E-state index contributed by atoms with van der Waals surface area (Å²) in [5.41, 5.74) is 2.21. The number of nitrogens with one attached hydrogen (secondary N) is 1. The molecule has 3 rings (SSSR count). The molecule has 0 amide bonds. The fraction of sp³-hybridized carbons (Fsp3) is 0.286. The van der Waals surface area contributed by atoms with Crippen molar-refractivity contribution in [1.82, 2.24) is 19.7 Å². The van der Waals surface area contributed by atoms with Crippen molar-refractivity contribution in [3.05, 3.63) is 35.5 Å². The normalized spacial score (nSPS) is 11.4. The van der Waals surface area contributed by atoms with Crippen molar-refractivity contribution in [2.45, 2.75) is 26.8 Å². The van der Waals surface area contributed by atoms with Gasteiger partial charge in [-0.05, 0) is 31.5 Å². The number of imidazole rings is 1. The summed E-state index contributed by atoms with van der Waals surface area (Å²) < 4.78 is 28.7. The molecule has 1 aromatic carbocycles. The van der Waals surface area contributed by atoms with Crippen LogP contribution in [0, 0.1) is 11.6 Å². The van der Waals surface area contributed by atoms with Gasteiger partial charge in [0, 0.05) is 6.54 Å². The number of nitrogens with zero attached hydrogens (tertiary/aromatic N) is 3. The van der Waals surface area contributed by atoms with Crippen LogP contribution in [0.4, 0.5) is 8.78 Å². The third kappa shape index (κ3) is 1.88. The van der Waals surface area contributed by atoms with Gasteiger partial charge in [0.05, 0.1) is 11.2 Å². The first-order chi connectivity index (χ1) is 9.63. The summed E-state index contributed by atoms with van der Waals surface area (Å²) in [6.45, 7) is 4.67. The van der Waals surface area contributed by atoms with Gasteiger partial charge in [-0.1, -0.05) is 6.92 Å². The number of hydrogen-bond donors (Lipinski definition) is 1. The quantitative estimate of drug-likeness (QED) is 0.798. The molecule has 0 atom stereocenters. The Kier molecular flexibility index (Phi) is 3.00. The molecule has 104 valence electrons. The summed E-state index contributed by atoms with van der Waals surface area (Å²) in [5, 5.41) is 4.42. The summed E-state index contributed by atoms with van der Waals surface area (Å²) in [6, 6.07) is 4.49. The fourth-order valence-electron chi connectivity index (χ4n) is 2.21. The maximum Gasteiger partial charge on any atom is 0.186 e. The van der Waals surface area contributed by atoms with Crippen molar-refractivity contribution in [2.75, 3.05) is 0 Å². The summed E-state index contributed by atoms with van der Waals surface area (Å²) in [4.78, 5) is 7.18. The van der Waals surface area contributed by atoms with E-state index in [4.69, 9.17) is 0 Å². The number of benzene rings is 1. The predicted molar refractivity (Wildman–Crippen MR) is 72.3 cm³/mol. The van der Waals surface area contributed by atoms with Gasteiger partial charge in [0.25, 0.3) is 0 Å². The van der Waals surface area contributed by atoms with E-state index in [1.807, 2.05) is 19.9 Å². The van der Waals surface area contributed by atoms with Gasteiger partial charge in [-0.15, -0.1) is 0 Å². The number of aryl methyl sites for hydroxylation is 2. The first-order valence-corrected chi connectivity index (χ1v) is 6.54. The average molecular weight is 276 g/mol. The van der Waals surface area contributed by atoms with Gasteiger partial charge in [-0.2, -0.15) is 5.10 Å². The third-order valence-corrected chi connectivity index (χ3v) is 3.28. The minimum atomic E-state index is -0.928. The van der Waals surface area contributed by atoms with Crippen molar-refractivity contribution in [1.29, 1.82) is 0 Å². The van der Waals surface area contributed by atoms with Crippen molar-refractivity contribution in [3.63, 3.8) is 0 Å². The minimum Gasteiger partial charge on any atom is -0.337 e. The van der Waals surface area contributed by atoms with Gasteiger partial charge < -0.3 is 4.98 Å². The number of aromatic amines is 1. The zero-order valence-electron chi connectivity index (χ0n) is 11.2. The van der Waals surface area contributed by atoms with E-state index in [0.717, 1.165) is 23.9 Å². The molecular weight excluding hydrogens is 262 g/mol. The Morgan fingerprint density at radius 2 is 2.05 bits per heavy atom. The maximum absolute atomic E-state index is 13.7. The molecule has 0 aliphatic rings. The molecule has 3 aromatic rings. The van der Waals surface area contributed by atoms with E-state index in [1.165, 1.54) is 6.07 Å². The van der Waals surface area contributed by atoms with Gasteiger partial charge in [-0.3, -0.25) is 4.68 Å². The molecule has 0 unspecified atom stereocenters. The minimum absolute atomic E-state index is 0.0156. The highest BCUT2D eigenvalue weighted by Crippen LogP contribution is 2.24. The largest absolute Gasteiger partial charge is 0.337 e. The summed E-state index contributed by atoms with van der Waals surface area (Å²) >= 11 is 0. The van der Waals surface area contributed by atoms with Crippen LogP contribution in [-0.4, -0.2) is 19.7 Å². The molecule has 0 saturated heterocycles. The third-order valence-electron chi connectivity index (χ3n) is 3.28. The molecule has 0 bridgehead atoms. The predicted octanol–water partition coefficient (Wildman–Crippen LogP) is 3.29. The molecule has 2 heterocycles. The van der Waals surface area contributed by atoms with Crippen molar-refractivity contribution >= 4 is 11.0 Å². The van der Waals surface area contributed by atoms with Gasteiger partial charge in [-0.25, -0.2) is 13.8 Å². The highest BCUT2D eigenvalue weighted by molar-refractivity contribution is 5.79. The first kappa shape index (κ1) is 12.8. The van der Waals surface area contributed by atoms with Crippen LogP contribution in [0.1, 0.15) is 19.5 Å². The molecule has 6 heteroatoms. The van der Waals surface area contributed by atoms with Crippen LogP contribution in [-0.2, 0) is 13.0 Å². The van der Waals surface area contributed by atoms with E-state index in [-0.39, 0.29) is 5.52 Å². The monoisotopic (exact) mass is 276 g/mol. The van der Waals surface area contributed by atoms with Gasteiger partial charge in [0.2, 0.25) is 0 Å². The Morgan fingerprint density at radius 3 is 2.75 bits per heavy atom. The topological polar surface area (TPSA) is 46.5 Å². The van der Waals surface area contributed by atoms with Crippen molar-refractivity contribution in [3.8, 4) is 11.5 Å². The van der Waals surface area contributed by atoms with Crippen molar-refractivity contribution < 1.29 is 8.78 Å². The van der Waals surface area contributed by atoms with Crippen LogP contribution in [0.5, 0.6) is 0 Å². The van der Waals surface area contributed by atoms with Gasteiger partial charge >= 0.3 is 0 Å². The summed E-state index contributed by atoms with van der Waals surface area (Å²) in [5.74, 6) is -1.32. The van der Waals surface area contributed by atoms with E-state index in [0.29, 0.717) is 17.9 Å². The van der Waals surface area contributed by atoms with E-state index in [9.17, 15) is 8.78 Å². The molecule has 0 spiro atoms. The van der Waals surface area contributed by atoms with Crippen LogP contribution in [0.3, 0.4) is 0 Å². The molecule has 0 fully saturated rings. The van der Waals surface area contributed by atoms with Gasteiger partial charge in [0.1, 0.15) is 11.2 Å². The first-order valence-electron chi connectivity index (χ1n) is 6.54. The number of aromatic nitrogens is 4. The molecule has 0 radical (unpaired) electrons. The number of halogens is 2. The molecular formula is C14H14F2N4. The lowest BCUT2D eigenvalue weighted by Crippen LogP contribution is -2.00. The Hall–Kier alpha value is -2.24. The smallest absolute Gasteiger partial charge is 0.186 e. The van der Waals surface area contributed by atoms with Gasteiger partial charge in [0.15, 0.2) is 17.5 Å². The highest BCUT2D eigenvalue weighted by atomic mass is 19.2. The van der Waals surface area contributed by atoms with E-state index in [1.54, 1.807) is 4.68 Å². The second kappa shape index (κ2) is 4.70.